The van der Waals surface area contributed by atoms with Crippen molar-refractivity contribution in [3.63, 3.8) is 0 Å². The van der Waals surface area contributed by atoms with Gasteiger partial charge >= 0.3 is 0 Å². The summed E-state index contributed by atoms with van der Waals surface area (Å²) in [7, 11) is 13.8. The average Bonchev–Trinajstić information content (AvgIpc) is 2.62. The Kier molecular flexibility index (Phi) is 3.26. The molecule has 0 amide bonds. The largest absolute Gasteiger partial charge is 0.245 e. The van der Waals surface area contributed by atoms with Gasteiger partial charge in [-0.2, -0.15) is 0 Å². The number of nitrogens with zero attached hydrogens (tertiary/aromatic N) is 1. The zero-order valence-electron chi connectivity index (χ0n) is 6.16. The fourth-order valence-electron chi connectivity index (χ4n) is 0.986. The quantitative estimate of drug-likeness (QED) is 0.777. The van der Waals surface area contributed by atoms with Crippen LogP contribution in [0.15, 0.2) is 27.4 Å². The lowest BCUT2D eigenvalue weighted by atomic mass is 10.3. The SMILES string of the molecule is ClSc1cc2ncsc2cc1SCl. The van der Waals surface area contributed by atoms with E-state index < -0.39 is 0 Å². The molecule has 0 unspecified atom stereocenters. The first-order chi connectivity index (χ1) is 6.35. The Bertz CT molecular complexity index is 391. The number of hydrogen-bond donors (Lipinski definition) is 0. The second-order valence-electron chi connectivity index (χ2n) is 2.27. The fraction of sp³-hybridized carbons (Fsp3) is 0. The standard InChI is InChI=1S/C7H3Cl2NS3/c8-12-6-1-4-5(11-3-10-4)2-7(6)13-9/h1-3H. The van der Waals surface area contributed by atoms with Crippen LogP contribution in [-0.2, 0) is 0 Å². The van der Waals surface area contributed by atoms with Crippen molar-refractivity contribution in [1.29, 1.82) is 0 Å². The smallest absolute Gasteiger partial charge is 0.0824 e. The minimum Gasteiger partial charge on any atom is -0.245 e. The normalized spacial score (nSPS) is 10.9. The van der Waals surface area contributed by atoms with Crippen molar-refractivity contribution in [2.24, 2.45) is 0 Å². The van der Waals surface area contributed by atoms with Crippen LogP contribution >= 0.6 is 54.7 Å². The summed E-state index contributed by atoms with van der Waals surface area (Å²) in [6.45, 7) is 0. The van der Waals surface area contributed by atoms with Crippen molar-refractivity contribution in [3.05, 3.63) is 17.6 Å². The van der Waals surface area contributed by atoms with Crippen LogP contribution in [0.4, 0.5) is 0 Å². The number of fused-ring (bicyclic) bond motifs is 1. The molecule has 13 heavy (non-hydrogen) atoms. The molecule has 0 N–H and O–H groups in total. The van der Waals surface area contributed by atoms with E-state index in [1.165, 1.54) is 22.0 Å². The first kappa shape index (κ1) is 9.93. The Morgan fingerprint density at radius 3 is 2.54 bits per heavy atom. The van der Waals surface area contributed by atoms with Crippen molar-refractivity contribution >= 4 is 64.9 Å². The van der Waals surface area contributed by atoms with Crippen molar-refractivity contribution in [3.8, 4) is 0 Å². The Morgan fingerprint density at radius 2 is 1.85 bits per heavy atom. The maximum atomic E-state index is 5.71. The van der Waals surface area contributed by atoms with E-state index in [-0.39, 0.29) is 0 Å². The van der Waals surface area contributed by atoms with Crippen LogP contribution in [0.1, 0.15) is 0 Å². The molecule has 0 spiro atoms. The third kappa shape index (κ3) is 1.92. The van der Waals surface area contributed by atoms with E-state index in [9.17, 15) is 0 Å². The molecule has 6 heteroatoms. The van der Waals surface area contributed by atoms with Gasteiger partial charge in [0.25, 0.3) is 0 Å². The molecule has 0 aliphatic carbocycles. The van der Waals surface area contributed by atoms with E-state index in [1.54, 1.807) is 11.3 Å². The summed E-state index contributed by atoms with van der Waals surface area (Å²) >= 11 is 1.60. The van der Waals surface area contributed by atoms with Crippen LogP contribution < -0.4 is 0 Å². The number of thiazole rings is 1. The van der Waals surface area contributed by atoms with Crippen molar-refractivity contribution in [2.45, 2.75) is 9.79 Å². The summed E-state index contributed by atoms with van der Waals surface area (Å²) in [5.74, 6) is 0. The van der Waals surface area contributed by atoms with Gasteiger partial charge in [-0.05, 0) is 55.4 Å². The third-order valence-electron chi connectivity index (χ3n) is 1.56. The van der Waals surface area contributed by atoms with E-state index in [1.807, 2.05) is 17.6 Å². The zero-order valence-corrected chi connectivity index (χ0v) is 10.1. The molecule has 0 aliphatic rings. The Morgan fingerprint density at radius 1 is 1.15 bits per heavy atom. The molecular formula is C7H3Cl2NS3. The molecule has 0 radical (unpaired) electrons. The van der Waals surface area contributed by atoms with Crippen LogP contribution in [-0.4, -0.2) is 4.98 Å². The second kappa shape index (κ2) is 4.28. The number of hydrogen-bond acceptors (Lipinski definition) is 4. The Hall–Kier alpha value is 0.390. The highest BCUT2D eigenvalue weighted by Gasteiger charge is 2.06. The summed E-state index contributed by atoms with van der Waals surface area (Å²) in [5, 5.41) is 0. The fourth-order valence-corrected chi connectivity index (χ4v) is 3.64. The van der Waals surface area contributed by atoms with E-state index in [4.69, 9.17) is 21.4 Å². The highest BCUT2D eigenvalue weighted by atomic mass is 35.7. The minimum atomic E-state index is 0.958. The molecule has 1 aromatic carbocycles. The Labute approximate surface area is 96.8 Å². The van der Waals surface area contributed by atoms with Crippen LogP contribution in [0.3, 0.4) is 0 Å². The zero-order chi connectivity index (χ0) is 9.26. The van der Waals surface area contributed by atoms with Gasteiger partial charge in [0.15, 0.2) is 0 Å². The molecule has 0 saturated carbocycles. The molecule has 1 nitrogen and oxygen atoms in total. The summed E-state index contributed by atoms with van der Waals surface area (Å²) in [6, 6.07) is 3.96. The summed E-state index contributed by atoms with van der Waals surface area (Å²) in [6.07, 6.45) is 0. The predicted octanol–water partition coefficient (Wildman–Crippen LogP) is 4.79. The number of halogens is 2. The van der Waals surface area contributed by atoms with Gasteiger partial charge in [-0.15, -0.1) is 11.3 Å². The first-order valence-corrected chi connectivity index (χ1v) is 7.46. The molecule has 68 valence electrons. The molecule has 0 bridgehead atoms. The lowest BCUT2D eigenvalue weighted by Crippen LogP contribution is -1.74. The van der Waals surface area contributed by atoms with Crippen molar-refractivity contribution in [1.82, 2.24) is 4.98 Å². The molecule has 1 heterocycles. The highest BCUT2D eigenvalue weighted by Crippen LogP contribution is 2.38. The number of rotatable bonds is 2. The van der Waals surface area contributed by atoms with Gasteiger partial charge in [0.1, 0.15) is 0 Å². The summed E-state index contributed by atoms with van der Waals surface area (Å²) in [5.41, 5.74) is 2.79. The molecule has 0 atom stereocenters. The van der Waals surface area contributed by atoms with Gasteiger partial charge in [-0.25, -0.2) is 4.98 Å². The molecule has 1 aromatic heterocycles. The van der Waals surface area contributed by atoms with Crippen LogP contribution in [0.25, 0.3) is 10.2 Å². The van der Waals surface area contributed by atoms with Gasteiger partial charge in [0.2, 0.25) is 0 Å². The Balaban J connectivity index is 2.67. The highest BCUT2D eigenvalue weighted by molar-refractivity contribution is 8.23. The predicted molar refractivity (Wildman–Crippen MR) is 63.0 cm³/mol. The number of benzene rings is 1. The molecule has 2 rings (SSSR count). The first-order valence-electron chi connectivity index (χ1n) is 3.29. The van der Waals surface area contributed by atoms with Gasteiger partial charge in [0, 0.05) is 9.79 Å². The van der Waals surface area contributed by atoms with Crippen molar-refractivity contribution in [2.75, 3.05) is 0 Å². The van der Waals surface area contributed by atoms with Crippen LogP contribution in [0.2, 0.25) is 0 Å². The van der Waals surface area contributed by atoms with Gasteiger partial charge < -0.3 is 0 Å². The van der Waals surface area contributed by atoms with Crippen molar-refractivity contribution < 1.29 is 0 Å². The van der Waals surface area contributed by atoms with E-state index >= 15 is 0 Å². The van der Waals surface area contributed by atoms with E-state index in [0.717, 1.165) is 20.0 Å². The van der Waals surface area contributed by atoms with Gasteiger partial charge in [-0.1, -0.05) is 0 Å². The lowest BCUT2D eigenvalue weighted by Gasteiger charge is -2.00. The topological polar surface area (TPSA) is 12.9 Å². The van der Waals surface area contributed by atoms with Crippen LogP contribution in [0, 0.1) is 0 Å². The molecule has 0 aliphatic heterocycles. The maximum absolute atomic E-state index is 5.71. The van der Waals surface area contributed by atoms with Gasteiger partial charge in [-0.3, -0.25) is 0 Å². The van der Waals surface area contributed by atoms with Gasteiger partial charge in [0.05, 0.1) is 15.7 Å². The number of aromatic nitrogens is 1. The summed E-state index contributed by atoms with van der Waals surface area (Å²) < 4.78 is 1.14. The second-order valence-corrected chi connectivity index (χ2v) is 5.27. The average molecular weight is 268 g/mol. The molecule has 2 aromatic rings. The molecule has 0 fully saturated rings. The maximum Gasteiger partial charge on any atom is 0.0824 e. The summed E-state index contributed by atoms with van der Waals surface area (Å²) in [4.78, 5) is 6.14. The van der Waals surface area contributed by atoms with Crippen LogP contribution in [0.5, 0.6) is 0 Å². The van der Waals surface area contributed by atoms with E-state index in [0.29, 0.717) is 0 Å². The van der Waals surface area contributed by atoms with E-state index in [2.05, 4.69) is 4.98 Å². The molecule has 0 saturated heterocycles. The lowest BCUT2D eigenvalue weighted by molar-refractivity contribution is 1.29. The minimum absolute atomic E-state index is 0.958. The third-order valence-corrected chi connectivity index (χ3v) is 4.49. The molecular weight excluding hydrogens is 265 g/mol. The monoisotopic (exact) mass is 267 g/mol.